The molecule has 0 aliphatic rings. The molecule has 0 radical (unpaired) electrons. The first-order valence-corrected chi connectivity index (χ1v) is 6.53. The Morgan fingerprint density at radius 2 is 2.00 bits per heavy atom. The predicted molar refractivity (Wildman–Crippen MR) is 74.7 cm³/mol. The van der Waals surface area contributed by atoms with Crippen LogP contribution >= 0.6 is 15.9 Å². The fourth-order valence-corrected chi connectivity index (χ4v) is 2.13. The highest BCUT2D eigenvalue weighted by Gasteiger charge is 2.28. The van der Waals surface area contributed by atoms with Crippen molar-refractivity contribution in [1.29, 1.82) is 0 Å². The van der Waals surface area contributed by atoms with Crippen LogP contribution in [0.25, 0.3) is 5.82 Å². The minimum Gasteiger partial charge on any atom is -0.478 e. The van der Waals surface area contributed by atoms with Gasteiger partial charge in [-0.1, -0.05) is 20.8 Å². The molecule has 0 saturated carbocycles. The molecule has 0 amide bonds. The van der Waals surface area contributed by atoms with Crippen LogP contribution in [0.1, 0.15) is 36.8 Å². The number of hydrogen-bond acceptors (Lipinski definition) is 3. The first-order valence-electron chi connectivity index (χ1n) is 5.74. The summed E-state index contributed by atoms with van der Waals surface area (Å²) in [5.74, 6) is -0.381. The van der Waals surface area contributed by atoms with E-state index in [1.807, 2.05) is 26.8 Å². The molecule has 0 fully saturated rings. The summed E-state index contributed by atoms with van der Waals surface area (Å²) in [6, 6.07) is 3.63. The quantitative estimate of drug-likeness (QED) is 0.922. The normalized spacial score (nSPS) is 11.6. The van der Waals surface area contributed by atoms with E-state index < -0.39 is 5.97 Å². The van der Waals surface area contributed by atoms with Gasteiger partial charge in [0.2, 0.25) is 0 Å². The molecule has 6 heteroatoms. The molecule has 0 aliphatic carbocycles. The number of aromatic carboxylic acids is 1. The maximum atomic E-state index is 11.3. The molecule has 0 aromatic carbocycles. The second-order valence-corrected chi connectivity index (χ2v) is 6.12. The van der Waals surface area contributed by atoms with Crippen molar-refractivity contribution in [3.63, 3.8) is 0 Å². The summed E-state index contributed by atoms with van der Waals surface area (Å²) < 4.78 is 2.44. The van der Waals surface area contributed by atoms with Crippen molar-refractivity contribution in [2.45, 2.75) is 26.2 Å². The molecule has 0 atom stereocenters. The summed E-state index contributed by atoms with van der Waals surface area (Å²) in [5, 5.41) is 13.4. The first-order chi connectivity index (χ1) is 8.80. The van der Waals surface area contributed by atoms with E-state index in [1.165, 1.54) is 6.20 Å². The summed E-state index contributed by atoms with van der Waals surface area (Å²) in [6.07, 6.45) is 3.02. The molecular weight excluding hydrogens is 310 g/mol. The molecule has 2 heterocycles. The number of rotatable bonds is 2. The Morgan fingerprint density at radius 3 is 2.47 bits per heavy atom. The Morgan fingerprint density at radius 1 is 1.32 bits per heavy atom. The Kier molecular flexibility index (Phi) is 3.45. The van der Waals surface area contributed by atoms with Gasteiger partial charge in [-0.15, -0.1) is 0 Å². The van der Waals surface area contributed by atoms with E-state index in [9.17, 15) is 9.90 Å². The van der Waals surface area contributed by atoms with E-state index in [2.05, 4.69) is 26.0 Å². The van der Waals surface area contributed by atoms with Crippen LogP contribution in [0.3, 0.4) is 0 Å². The smallest absolute Gasteiger partial charge is 0.339 e. The van der Waals surface area contributed by atoms with Crippen LogP contribution < -0.4 is 0 Å². The van der Waals surface area contributed by atoms with Crippen LogP contribution in [0.2, 0.25) is 0 Å². The zero-order valence-electron chi connectivity index (χ0n) is 10.9. The van der Waals surface area contributed by atoms with Crippen molar-refractivity contribution in [1.82, 2.24) is 14.8 Å². The zero-order chi connectivity index (χ0) is 14.2. The van der Waals surface area contributed by atoms with Gasteiger partial charge in [0.1, 0.15) is 5.56 Å². The van der Waals surface area contributed by atoms with E-state index in [0.29, 0.717) is 11.5 Å². The molecule has 2 aromatic heterocycles. The molecule has 1 N–H and O–H groups in total. The van der Waals surface area contributed by atoms with Gasteiger partial charge in [-0.2, -0.15) is 5.10 Å². The molecule has 0 unspecified atom stereocenters. The number of carbonyl (C=O) groups is 1. The monoisotopic (exact) mass is 323 g/mol. The first kappa shape index (κ1) is 13.7. The molecular formula is C13H14BrN3O2. The van der Waals surface area contributed by atoms with Gasteiger partial charge in [0.25, 0.3) is 0 Å². The van der Waals surface area contributed by atoms with Crippen LogP contribution in [0.5, 0.6) is 0 Å². The van der Waals surface area contributed by atoms with E-state index in [1.54, 1.807) is 16.9 Å². The van der Waals surface area contributed by atoms with Crippen molar-refractivity contribution >= 4 is 21.9 Å². The summed E-state index contributed by atoms with van der Waals surface area (Å²) >= 11 is 3.32. The SMILES string of the molecule is CC(C)(C)c1c(C(=O)O)cnn1-c1ccc(Br)cn1. The second kappa shape index (κ2) is 4.77. The van der Waals surface area contributed by atoms with Crippen molar-refractivity contribution in [2.24, 2.45) is 0 Å². The molecule has 0 spiro atoms. The highest BCUT2D eigenvalue weighted by Crippen LogP contribution is 2.28. The average Bonchev–Trinajstić information content (AvgIpc) is 2.74. The number of halogens is 1. The molecule has 0 aliphatic heterocycles. The van der Waals surface area contributed by atoms with E-state index in [0.717, 1.165) is 4.47 Å². The van der Waals surface area contributed by atoms with Gasteiger partial charge in [0, 0.05) is 16.1 Å². The van der Waals surface area contributed by atoms with Crippen molar-refractivity contribution in [2.75, 3.05) is 0 Å². The number of carboxylic acid groups (broad SMARTS) is 1. The third-order valence-corrected chi connectivity index (χ3v) is 3.11. The zero-order valence-corrected chi connectivity index (χ0v) is 12.5. The molecule has 0 saturated heterocycles. The van der Waals surface area contributed by atoms with Crippen molar-refractivity contribution in [3.05, 3.63) is 40.3 Å². The summed E-state index contributed by atoms with van der Waals surface area (Å²) in [4.78, 5) is 15.5. The van der Waals surface area contributed by atoms with Crippen LogP contribution in [0, 0.1) is 0 Å². The Bertz CT molecular complexity index is 612. The molecule has 2 rings (SSSR count). The number of hydrogen-bond donors (Lipinski definition) is 1. The third kappa shape index (κ3) is 2.68. The van der Waals surface area contributed by atoms with Crippen LogP contribution in [0.15, 0.2) is 29.0 Å². The van der Waals surface area contributed by atoms with Gasteiger partial charge in [-0.25, -0.2) is 14.5 Å². The Labute approximate surface area is 119 Å². The topological polar surface area (TPSA) is 68.0 Å². The van der Waals surface area contributed by atoms with Crippen LogP contribution in [-0.2, 0) is 5.41 Å². The van der Waals surface area contributed by atoms with Gasteiger partial charge in [-0.3, -0.25) is 0 Å². The minimum absolute atomic E-state index is 0.206. The van der Waals surface area contributed by atoms with E-state index in [4.69, 9.17) is 0 Å². The maximum Gasteiger partial charge on any atom is 0.339 e. The lowest BCUT2D eigenvalue weighted by molar-refractivity contribution is 0.0694. The van der Waals surface area contributed by atoms with Crippen molar-refractivity contribution in [3.8, 4) is 5.82 Å². The van der Waals surface area contributed by atoms with Gasteiger partial charge in [0.05, 0.1) is 11.9 Å². The Balaban J connectivity index is 2.64. The molecule has 19 heavy (non-hydrogen) atoms. The second-order valence-electron chi connectivity index (χ2n) is 5.21. The summed E-state index contributed by atoms with van der Waals surface area (Å²) in [6.45, 7) is 5.85. The van der Waals surface area contributed by atoms with Gasteiger partial charge >= 0.3 is 5.97 Å². The molecule has 5 nitrogen and oxygen atoms in total. The minimum atomic E-state index is -0.978. The van der Waals surface area contributed by atoms with Gasteiger partial charge < -0.3 is 5.11 Å². The number of carboxylic acids is 1. The van der Waals surface area contributed by atoms with Gasteiger partial charge in [-0.05, 0) is 28.1 Å². The fraction of sp³-hybridized carbons (Fsp3) is 0.308. The largest absolute Gasteiger partial charge is 0.478 e. The number of aromatic nitrogens is 3. The van der Waals surface area contributed by atoms with Crippen LogP contribution in [0.4, 0.5) is 0 Å². The summed E-state index contributed by atoms with van der Waals surface area (Å²) in [5.41, 5.74) is 0.492. The van der Waals surface area contributed by atoms with E-state index >= 15 is 0 Å². The van der Waals surface area contributed by atoms with Gasteiger partial charge in [0.15, 0.2) is 5.82 Å². The molecule has 100 valence electrons. The third-order valence-electron chi connectivity index (χ3n) is 2.64. The molecule has 2 aromatic rings. The highest BCUT2D eigenvalue weighted by molar-refractivity contribution is 9.10. The standard InChI is InChI=1S/C13H14BrN3O2/c1-13(2,3)11-9(12(18)19)7-16-17(11)10-5-4-8(14)6-15-10/h4-7H,1-3H3,(H,18,19). The lowest BCUT2D eigenvalue weighted by Crippen LogP contribution is -2.21. The average molecular weight is 324 g/mol. The van der Waals surface area contributed by atoms with Crippen molar-refractivity contribution < 1.29 is 9.90 Å². The number of pyridine rings is 1. The highest BCUT2D eigenvalue weighted by atomic mass is 79.9. The predicted octanol–water partition coefficient (Wildman–Crippen LogP) is 3.03. The van der Waals surface area contributed by atoms with E-state index in [-0.39, 0.29) is 11.0 Å². The number of nitrogens with zero attached hydrogens (tertiary/aromatic N) is 3. The Hall–Kier alpha value is -1.69. The maximum absolute atomic E-state index is 11.3. The van der Waals surface area contributed by atoms with Crippen LogP contribution in [-0.4, -0.2) is 25.8 Å². The fourth-order valence-electron chi connectivity index (χ4n) is 1.89. The lowest BCUT2D eigenvalue weighted by Gasteiger charge is -2.21. The summed E-state index contributed by atoms with van der Waals surface area (Å²) in [7, 11) is 0. The molecule has 0 bridgehead atoms. The lowest BCUT2D eigenvalue weighted by atomic mass is 9.89.